The molecule has 0 radical (unpaired) electrons. The summed E-state index contributed by atoms with van der Waals surface area (Å²) in [5, 5.41) is 14.2. The first-order valence-corrected chi connectivity index (χ1v) is 14.3. The summed E-state index contributed by atoms with van der Waals surface area (Å²) in [5.74, 6) is -0.965. The van der Waals surface area contributed by atoms with Crippen molar-refractivity contribution >= 4 is 40.8 Å². The highest BCUT2D eigenvalue weighted by Gasteiger charge is 2.18. The minimum Gasteiger partial charge on any atom is -0.508 e. The Morgan fingerprint density at radius 1 is 0.860 bits per heavy atom. The summed E-state index contributed by atoms with van der Waals surface area (Å²) in [5.41, 5.74) is 4.33. The van der Waals surface area contributed by atoms with Crippen molar-refractivity contribution in [3.8, 4) is 17.2 Å². The van der Waals surface area contributed by atoms with Crippen LogP contribution in [-0.4, -0.2) is 28.5 Å². The van der Waals surface area contributed by atoms with E-state index in [0.717, 1.165) is 22.3 Å². The van der Waals surface area contributed by atoms with Gasteiger partial charge in [0.2, 0.25) is 0 Å². The van der Waals surface area contributed by atoms with E-state index in [0.29, 0.717) is 52.4 Å². The fourth-order valence-corrected chi connectivity index (χ4v) is 4.91. The first-order chi connectivity index (χ1) is 20.5. The Hall–Kier alpha value is -4.11. The molecule has 0 fully saturated rings. The van der Waals surface area contributed by atoms with Crippen molar-refractivity contribution in [3.63, 3.8) is 0 Å². The SMILES string of the molecule is CCOC(=O)C(=O)Nc1cc(C)c(Oc2ccc(O)c(CN(Cc3ccc(F)cc3)Cc3ccc(Cl)c(Cl)c3)c2)c(C)c1. The van der Waals surface area contributed by atoms with E-state index in [1.807, 2.05) is 19.9 Å². The standard InChI is InChI=1S/C33H31Cl2FN2O5/c1-4-42-33(41)32(40)37-26-13-20(2)31(21(3)14-26)43-27-10-12-30(39)24(16-27)19-38(17-22-5-8-25(36)9-6-22)18-23-7-11-28(34)29(35)15-23/h5-16,39H,4,17-19H2,1-3H3,(H,37,40). The summed E-state index contributed by atoms with van der Waals surface area (Å²) < 4.78 is 24.5. The first-order valence-electron chi connectivity index (χ1n) is 13.5. The lowest BCUT2D eigenvalue weighted by molar-refractivity contribution is -0.152. The van der Waals surface area contributed by atoms with Crippen LogP contribution in [0.4, 0.5) is 10.1 Å². The summed E-state index contributed by atoms with van der Waals surface area (Å²) in [6, 6.07) is 20.1. The number of carbonyl (C=O) groups excluding carboxylic acids is 2. The third kappa shape index (κ3) is 8.70. The van der Waals surface area contributed by atoms with E-state index in [1.165, 1.54) is 12.1 Å². The normalized spacial score (nSPS) is 11.0. The number of phenols is 1. The number of ether oxygens (including phenoxy) is 2. The number of amides is 1. The fraction of sp³-hybridized carbons (Fsp3) is 0.212. The molecule has 2 N–H and O–H groups in total. The number of halogens is 3. The summed E-state index contributed by atoms with van der Waals surface area (Å²) in [6.07, 6.45) is 0. The smallest absolute Gasteiger partial charge is 0.397 e. The van der Waals surface area contributed by atoms with Gasteiger partial charge >= 0.3 is 11.9 Å². The molecule has 0 aromatic heterocycles. The van der Waals surface area contributed by atoms with Crippen LogP contribution in [0.15, 0.2) is 72.8 Å². The van der Waals surface area contributed by atoms with Crippen molar-refractivity contribution in [2.24, 2.45) is 0 Å². The Morgan fingerprint density at radius 3 is 2.16 bits per heavy atom. The minimum absolute atomic E-state index is 0.0936. The molecule has 0 unspecified atom stereocenters. The number of anilines is 1. The molecule has 0 aliphatic carbocycles. The molecule has 0 bridgehead atoms. The van der Waals surface area contributed by atoms with Gasteiger partial charge < -0.3 is 19.9 Å². The maximum Gasteiger partial charge on any atom is 0.397 e. The minimum atomic E-state index is -0.956. The van der Waals surface area contributed by atoms with E-state index in [4.69, 9.17) is 32.7 Å². The van der Waals surface area contributed by atoms with Crippen molar-refractivity contribution in [3.05, 3.63) is 116 Å². The summed E-state index contributed by atoms with van der Waals surface area (Å²) in [7, 11) is 0. The molecule has 0 saturated carbocycles. The molecule has 0 heterocycles. The number of hydrogen-bond acceptors (Lipinski definition) is 6. The van der Waals surface area contributed by atoms with Crippen molar-refractivity contribution in [1.82, 2.24) is 4.90 Å². The molecular formula is C33H31Cl2FN2O5. The number of aryl methyl sites for hydroxylation is 2. The average molecular weight is 626 g/mol. The molecular weight excluding hydrogens is 594 g/mol. The second-order valence-electron chi connectivity index (χ2n) is 10.0. The van der Waals surface area contributed by atoms with Gasteiger partial charge in [-0.1, -0.05) is 41.4 Å². The molecule has 224 valence electrons. The molecule has 4 rings (SSSR count). The van der Waals surface area contributed by atoms with Crippen molar-refractivity contribution in [2.45, 2.75) is 40.4 Å². The third-order valence-electron chi connectivity index (χ3n) is 6.55. The van der Waals surface area contributed by atoms with Gasteiger partial charge in [0.25, 0.3) is 0 Å². The summed E-state index contributed by atoms with van der Waals surface area (Å²) in [6.45, 7) is 6.68. The van der Waals surface area contributed by atoms with Crippen LogP contribution in [0.3, 0.4) is 0 Å². The highest BCUT2D eigenvalue weighted by molar-refractivity contribution is 6.42. The lowest BCUT2D eigenvalue weighted by Crippen LogP contribution is -2.25. The van der Waals surface area contributed by atoms with E-state index >= 15 is 0 Å². The summed E-state index contributed by atoms with van der Waals surface area (Å²) in [4.78, 5) is 25.8. The van der Waals surface area contributed by atoms with Gasteiger partial charge in [-0.05, 0) is 97.6 Å². The number of nitrogens with zero attached hydrogens (tertiary/aromatic N) is 1. The van der Waals surface area contributed by atoms with Crippen LogP contribution in [0.2, 0.25) is 10.0 Å². The number of benzene rings is 4. The molecule has 0 aliphatic rings. The Kier molecular flexibility index (Phi) is 10.6. The number of carbonyl (C=O) groups is 2. The molecule has 4 aromatic rings. The lowest BCUT2D eigenvalue weighted by atomic mass is 10.1. The van der Waals surface area contributed by atoms with Crippen LogP contribution in [0.25, 0.3) is 0 Å². The number of hydrogen-bond donors (Lipinski definition) is 2. The van der Waals surface area contributed by atoms with Crippen LogP contribution in [0.1, 0.15) is 34.7 Å². The highest BCUT2D eigenvalue weighted by atomic mass is 35.5. The quantitative estimate of drug-likeness (QED) is 0.137. The number of phenolic OH excluding ortho intramolecular Hbond substituents is 1. The molecule has 4 aromatic carbocycles. The van der Waals surface area contributed by atoms with Crippen LogP contribution >= 0.6 is 23.2 Å². The van der Waals surface area contributed by atoms with Gasteiger partial charge in [-0.3, -0.25) is 9.69 Å². The van der Waals surface area contributed by atoms with Crippen molar-refractivity contribution in [2.75, 3.05) is 11.9 Å². The van der Waals surface area contributed by atoms with Crippen LogP contribution in [-0.2, 0) is 34.0 Å². The zero-order valence-electron chi connectivity index (χ0n) is 23.9. The molecule has 0 spiro atoms. The molecule has 0 aliphatic heterocycles. The average Bonchev–Trinajstić information content (AvgIpc) is 2.95. The van der Waals surface area contributed by atoms with Gasteiger partial charge in [-0.15, -0.1) is 0 Å². The Balaban J connectivity index is 1.56. The maximum absolute atomic E-state index is 13.5. The molecule has 0 atom stereocenters. The Labute approximate surface area is 259 Å². The number of esters is 1. The van der Waals surface area contributed by atoms with E-state index < -0.39 is 11.9 Å². The van der Waals surface area contributed by atoms with Gasteiger partial charge in [-0.25, -0.2) is 9.18 Å². The van der Waals surface area contributed by atoms with Gasteiger partial charge in [0.15, 0.2) is 0 Å². The van der Waals surface area contributed by atoms with Gasteiger partial charge in [-0.2, -0.15) is 0 Å². The van der Waals surface area contributed by atoms with Crippen LogP contribution in [0.5, 0.6) is 17.2 Å². The Morgan fingerprint density at radius 2 is 1.51 bits per heavy atom. The highest BCUT2D eigenvalue weighted by Crippen LogP contribution is 2.34. The van der Waals surface area contributed by atoms with E-state index in [1.54, 1.807) is 61.5 Å². The molecule has 7 nitrogen and oxygen atoms in total. The first kappa shape index (κ1) is 31.8. The summed E-state index contributed by atoms with van der Waals surface area (Å²) >= 11 is 12.4. The molecule has 10 heteroatoms. The second-order valence-corrected chi connectivity index (χ2v) is 10.8. The van der Waals surface area contributed by atoms with Crippen molar-refractivity contribution < 1.29 is 28.6 Å². The number of nitrogens with one attached hydrogen (secondary N) is 1. The second kappa shape index (κ2) is 14.4. The van der Waals surface area contributed by atoms with Gasteiger partial charge in [0.1, 0.15) is 23.1 Å². The van der Waals surface area contributed by atoms with E-state index in [9.17, 15) is 19.1 Å². The van der Waals surface area contributed by atoms with Crippen molar-refractivity contribution in [1.29, 1.82) is 0 Å². The molecule has 43 heavy (non-hydrogen) atoms. The zero-order valence-corrected chi connectivity index (χ0v) is 25.4. The topological polar surface area (TPSA) is 88.1 Å². The van der Waals surface area contributed by atoms with Crippen LogP contribution < -0.4 is 10.1 Å². The molecule has 0 saturated heterocycles. The zero-order chi connectivity index (χ0) is 31.1. The van der Waals surface area contributed by atoms with Crippen LogP contribution in [0, 0.1) is 19.7 Å². The molecule has 1 amide bonds. The Bertz CT molecular complexity index is 1610. The fourth-order valence-electron chi connectivity index (χ4n) is 4.58. The van der Waals surface area contributed by atoms with E-state index in [2.05, 4.69) is 10.2 Å². The van der Waals surface area contributed by atoms with E-state index in [-0.39, 0.29) is 18.2 Å². The third-order valence-corrected chi connectivity index (χ3v) is 7.29. The largest absolute Gasteiger partial charge is 0.508 e. The number of aromatic hydroxyl groups is 1. The maximum atomic E-state index is 13.5. The lowest BCUT2D eigenvalue weighted by Gasteiger charge is -2.24. The monoisotopic (exact) mass is 624 g/mol. The predicted octanol–water partition coefficient (Wildman–Crippen LogP) is 7.95. The van der Waals surface area contributed by atoms with Gasteiger partial charge in [0, 0.05) is 30.9 Å². The number of rotatable bonds is 10. The van der Waals surface area contributed by atoms with Gasteiger partial charge in [0.05, 0.1) is 16.7 Å². The predicted molar refractivity (Wildman–Crippen MR) is 165 cm³/mol.